The second-order valence-electron chi connectivity index (χ2n) is 5.75. The summed E-state index contributed by atoms with van der Waals surface area (Å²) in [6.45, 7) is 6.71. The molecule has 2 rings (SSSR count). The second-order valence-corrected chi connectivity index (χ2v) is 6.64. The van der Waals surface area contributed by atoms with Crippen molar-refractivity contribution in [2.75, 3.05) is 0 Å². The maximum atomic E-state index is 4.83. The summed E-state index contributed by atoms with van der Waals surface area (Å²) in [5.41, 5.74) is 1.26. The highest BCUT2D eigenvalue weighted by molar-refractivity contribution is 7.09. The van der Waals surface area contributed by atoms with Crippen LogP contribution in [-0.2, 0) is 0 Å². The van der Waals surface area contributed by atoms with Crippen molar-refractivity contribution in [3.05, 3.63) is 16.1 Å². The standard InChI is InChI=1S/C15H26N2S/c1-4-5-6-7-13(16-12-8-9-12)15-17-14(10-18-15)11(2)3/h10-13,16H,4-9H2,1-3H3. The van der Waals surface area contributed by atoms with Gasteiger partial charge in [0.2, 0.25) is 0 Å². The molecule has 1 unspecified atom stereocenters. The molecule has 1 fully saturated rings. The van der Waals surface area contributed by atoms with Crippen molar-refractivity contribution in [3.8, 4) is 0 Å². The average molecular weight is 266 g/mol. The molecular weight excluding hydrogens is 240 g/mol. The molecule has 0 radical (unpaired) electrons. The molecule has 0 bridgehead atoms. The highest BCUT2D eigenvalue weighted by atomic mass is 32.1. The molecule has 0 aliphatic heterocycles. The summed E-state index contributed by atoms with van der Waals surface area (Å²) < 4.78 is 0. The quantitative estimate of drug-likeness (QED) is 0.693. The Labute approximate surface area is 115 Å². The van der Waals surface area contributed by atoms with Crippen molar-refractivity contribution < 1.29 is 0 Å². The van der Waals surface area contributed by atoms with E-state index >= 15 is 0 Å². The normalized spacial score (nSPS) is 17.3. The van der Waals surface area contributed by atoms with E-state index in [0.717, 1.165) is 6.04 Å². The fourth-order valence-corrected chi connectivity index (χ4v) is 3.21. The van der Waals surface area contributed by atoms with Crippen molar-refractivity contribution in [2.24, 2.45) is 0 Å². The van der Waals surface area contributed by atoms with Gasteiger partial charge in [-0.15, -0.1) is 11.3 Å². The van der Waals surface area contributed by atoms with Crippen molar-refractivity contribution in [1.82, 2.24) is 10.3 Å². The Balaban J connectivity index is 1.96. The van der Waals surface area contributed by atoms with E-state index < -0.39 is 0 Å². The zero-order valence-corrected chi connectivity index (χ0v) is 12.7. The molecule has 0 amide bonds. The predicted molar refractivity (Wildman–Crippen MR) is 79.2 cm³/mol. The first-order valence-electron chi connectivity index (χ1n) is 7.42. The molecule has 3 heteroatoms. The van der Waals surface area contributed by atoms with Gasteiger partial charge in [-0.3, -0.25) is 0 Å². The Bertz CT molecular complexity index is 355. The first-order chi connectivity index (χ1) is 8.70. The molecule has 1 aromatic rings. The number of aromatic nitrogens is 1. The molecule has 0 saturated heterocycles. The average Bonchev–Trinajstić information content (AvgIpc) is 3.02. The Hall–Kier alpha value is -0.410. The highest BCUT2D eigenvalue weighted by Crippen LogP contribution is 2.30. The molecule has 1 N–H and O–H groups in total. The number of thiazole rings is 1. The number of hydrogen-bond donors (Lipinski definition) is 1. The van der Waals surface area contributed by atoms with E-state index in [4.69, 9.17) is 4.98 Å². The lowest BCUT2D eigenvalue weighted by molar-refractivity contribution is 0.469. The minimum atomic E-state index is 0.501. The Kier molecular flexibility index (Phi) is 5.19. The molecular formula is C15H26N2S. The molecule has 102 valence electrons. The third-order valence-electron chi connectivity index (χ3n) is 3.54. The van der Waals surface area contributed by atoms with Crippen LogP contribution in [0.2, 0.25) is 0 Å². The van der Waals surface area contributed by atoms with Gasteiger partial charge in [0.1, 0.15) is 5.01 Å². The summed E-state index contributed by atoms with van der Waals surface area (Å²) in [6.07, 6.45) is 7.91. The van der Waals surface area contributed by atoms with Crippen LogP contribution in [0.15, 0.2) is 5.38 Å². The van der Waals surface area contributed by atoms with E-state index in [1.165, 1.54) is 49.2 Å². The third-order valence-corrected chi connectivity index (χ3v) is 4.52. The molecule has 0 spiro atoms. The fraction of sp³-hybridized carbons (Fsp3) is 0.800. The van der Waals surface area contributed by atoms with Gasteiger partial charge < -0.3 is 5.32 Å². The smallest absolute Gasteiger partial charge is 0.110 e. The summed E-state index contributed by atoms with van der Waals surface area (Å²) in [4.78, 5) is 4.83. The summed E-state index contributed by atoms with van der Waals surface area (Å²) in [7, 11) is 0. The monoisotopic (exact) mass is 266 g/mol. The van der Waals surface area contributed by atoms with Crippen LogP contribution >= 0.6 is 11.3 Å². The van der Waals surface area contributed by atoms with Crippen LogP contribution in [0.3, 0.4) is 0 Å². The van der Waals surface area contributed by atoms with E-state index in [1.807, 2.05) is 11.3 Å². The molecule has 1 aliphatic carbocycles. The lowest BCUT2D eigenvalue weighted by Crippen LogP contribution is -2.23. The molecule has 18 heavy (non-hydrogen) atoms. The molecule has 2 nitrogen and oxygen atoms in total. The van der Waals surface area contributed by atoms with Gasteiger partial charge in [0, 0.05) is 11.4 Å². The molecule has 1 atom stereocenters. The largest absolute Gasteiger partial charge is 0.305 e. The van der Waals surface area contributed by atoms with Gasteiger partial charge >= 0.3 is 0 Å². The fourth-order valence-electron chi connectivity index (χ4n) is 2.14. The van der Waals surface area contributed by atoms with E-state index in [1.54, 1.807) is 0 Å². The van der Waals surface area contributed by atoms with Crippen molar-refractivity contribution in [3.63, 3.8) is 0 Å². The summed E-state index contributed by atoms with van der Waals surface area (Å²) in [5, 5.41) is 7.31. The Morgan fingerprint density at radius 3 is 2.72 bits per heavy atom. The Morgan fingerprint density at radius 2 is 2.17 bits per heavy atom. The third kappa shape index (κ3) is 4.06. The van der Waals surface area contributed by atoms with Crippen LogP contribution in [0.1, 0.15) is 82.0 Å². The summed E-state index contributed by atoms with van der Waals surface area (Å²) in [5.74, 6) is 0.548. The van der Waals surface area contributed by atoms with Crippen LogP contribution in [0.25, 0.3) is 0 Å². The maximum Gasteiger partial charge on any atom is 0.110 e. The number of hydrogen-bond acceptors (Lipinski definition) is 3. The number of nitrogens with one attached hydrogen (secondary N) is 1. The molecule has 1 heterocycles. The number of rotatable bonds is 8. The zero-order chi connectivity index (χ0) is 13.0. The topological polar surface area (TPSA) is 24.9 Å². The first-order valence-corrected chi connectivity index (χ1v) is 8.30. The van der Waals surface area contributed by atoms with Gasteiger partial charge in [-0.25, -0.2) is 4.98 Å². The number of nitrogens with zero attached hydrogens (tertiary/aromatic N) is 1. The second kappa shape index (κ2) is 6.67. The Morgan fingerprint density at radius 1 is 1.39 bits per heavy atom. The van der Waals surface area contributed by atoms with Crippen LogP contribution in [0, 0.1) is 0 Å². The minimum Gasteiger partial charge on any atom is -0.305 e. The first kappa shape index (κ1) is 14.0. The zero-order valence-electron chi connectivity index (χ0n) is 11.9. The van der Waals surface area contributed by atoms with Gasteiger partial charge in [0.05, 0.1) is 11.7 Å². The van der Waals surface area contributed by atoms with E-state index in [0.29, 0.717) is 12.0 Å². The highest BCUT2D eigenvalue weighted by Gasteiger charge is 2.26. The molecule has 1 saturated carbocycles. The van der Waals surface area contributed by atoms with Gasteiger partial charge in [-0.1, -0.05) is 40.0 Å². The van der Waals surface area contributed by atoms with Crippen molar-refractivity contribution in [2.45, 2.75) is 77.3 Å². The van der Waals surface area contributed by atoms with Gasteiger partial charge in [0.25, 0.3) is 0 Å². The lowest BCUT2D eigenvalue weighted by Gasteiger charge is -2.16. The minimum absolute atomic E-state index is 0.501. The maximum absolute atomic E-state index is 4.83. The van der Waals surface area contributed by atoms with Crippen LogP contribution in [-0.4, -0.2) is 11.0 Å². The van der Waals surface area contributed by atoms with Gasteiger partial charge in [0.15, 0.2) is 0 Å². The van der Waals surface area contributed by atoms with Crippen LogP contribution in [0.4, 0.5) is 0 Å². The summed E-state index contributed by atoms with van der Waals surface area (Å²) >= 11 is 1.84. The number of unbranched alkanes of at least 4 members (excludes halogenated alkanes) is 2. The van der Waals surface area contributed by atoms with Gasteiger partial charge in [-0.05, 0) is 25.2 Å². The lowest BCUT2D eigenvalue weighted by atomic mass is 10.1. The van der Waals surface area contributed by atoms with Crippen LogP contribution in [0.5, 0.6) is 0 Å². The van der Waals surface area contributed by atoms with Crippen molar-refractivity contribution in [1.29, 1.82) is 0 Å². The van der Waals surface area contributed by atoms with Crippen molar-refractivity contribution >= 4 is 11.3 Å². The molecule has 0 aromatic carbocycles. The van der Waals surface area contributed by atoms with Gasteiger partial charge in [-0.2, -0.15) is 0 Å². The molecule has 1 aliphatic rings. The summed E-state index contributed by atoms with van der Waals surface area (Å²) in [6, 6.07) is 1.27. The predicted octanol–water partition coefficient (Wildman–Crippen LogP) is 4.64. The van der Waals surface area contributed by atoms with E-state index in [2.05, 4.69) is 31.5 Å². The SMILES string of the molecule is CCCCCC(NC1CC1)c1nc(C(C)C)cs1. The molecule has 1 aromatic heterocycles. The van der Waals surface area contributed by atoms with E-state index in [9.17, 15) is 0 Å². The van der Waals surface area contributed by atoms with Crippen LogP contribution < -0.4 is 5.32 Å². The van der Waals surface area contributed by atoms with E-state index in [-0.39, 0.29) is 0 Å².